The van der Waals surface area contributed by atoms with Crippen molar-refractivity contribution in [3.63, 3.8) is 0 Å². The van der Waals surface area contributed by atoms with Crippen LogP contribution in [0.3, 0.4) is 0 Å². The monoisotopic (exact) mass is 495 g/mol. The molecule has 4 heterocycles. The number of carbonyl (C=O) groups is 1. The maximum absolute atomic E-state index is 14.6. The fourth-order valence-corrected chi connectivity index (χ4v) is 6.36. The molecule has 2 aliphatic heterocycles. The van der Waals surface area contributed by atoms with Gasteiger partial charge in [-0.3, -0.25) is 0 Å². The summed E-state index contributed by atoms with van der Waals surface area (Å²) in [7, 11) is 0. The van der Waals surface area contributed by atoms with E-state index < -0.39 is 0 Å². The molecule has 3 aliphatic rings. The van der Waals surface area contributed by atoms with E-state index in [2.05, 4.69) is 19.9 Å². The van der Waals surface area contributed by atoms with Crippen molar-refractivity contribution in [2.24, 2.45) is 0 Å². The molecule has 3 fully saturated rings. The van der Waals surface area contributed by atoms with Gasteiger partial charge in [0.25, 0.3) is 0 Å². The van der Waals surface area contributed by atoms with Gasteiger partial charge in [0, 0.05) is 29.2 Å². The van der Waals surface area contributed by atoms with Crippen LogP contribution in [0.1, 0.15) is 57.9 Å². The van der Waals surface area contributed by atoms with Crippen LogP contribution in [-0.4, -0.2) is 49.5 Å². The summed E-state index contributed by atoms with van der Waals surface area (Å²) in [6, 6.07) is 7.77. The molecule has 3 aromatic rings. The number of halogens is 1. The molecule has 1 aromatic carbocycles. The van der Waals surface area contributed by atoms with Crippen molar-refractivity contribution >= 4 is 40.4 Å². The van der Waals surface area contributed by atoms with Gasteiger partial charge in [-0.15, -0.1) is 11.8 Å². The first-order chi connectivity index (χ1) is 16.9. The van der Waals surface area contributed by atoms with Crippen molar-refractivity contribution in [1.29, 1.82) is 0 Å². The third kappa shape index (κ3) is 4.03. The molecule has 9 heteroatoms. The minimum Gasteiger partial charge on any atom is -0.443 e. The van der Waals surface area contributed by atoms with Gasteiger partial charge < -0.3 is 19.5 Å². The highest BCUT2D eigenvalue weighted by Gasteiger charge is 2.47. The Bertz CT molecular complexity index is 1260. The van der Waals surface area contributed by atoms with Gasteiger partial charge >= 0.3 is 6.09 Å². The fraction of sp³-hybridized carbons (Fsp3) is 0.500. The highest BCUT2D eigenvalue weighted by molar-refractivity contribution is 7.98. The summed E-state index contributed by atoms with van der Waals surface area (Å²) < 4.78 is 22.7. The molecule has 7 nitrogen and oxygen atoms in total. The van der Waals surface area contributed by atoms with Crippen LogP contribution < -0.4 is 5.32 Å². The van der Waals surface area contributed by atoms with Crippen molar-refractivity contribution in [1.82, 2.24) is 19.4 Å². The Morgan fingerprint density at radius 3 is 2.60 bits per heavy atom. The van der Waals surface area contributed by atoms with Crippen LogP contribution in [0.5, 0.6) is 0 Å². The zero-order chi connectivity index (χ0) is 24.2. The van der Waals surface area contributed by atoms with Crippen LogP contribution >= 0.6 is 11.8 Å². The molecule has 2 saturated heterocycles. The molecular formula is C26H30FN5O2S. The number of rotatable bonds is 5. The number of amides is 1. The van der Waals surface area contributed by atoms with Gasteiger partial charge in [-0.1, -0.05) is 0 Å². The summed E-state index contributed by atoms with van der Waals surface area (Å²) >= 11 is 1.50. The van der Waals surface area contributed by atoms with Gasteiger partial charge in [0.1, 0.15) is 29.2 Å². The van der Waals surface area contributed by atoms with Crippen molar-refractivity contribution in [2.75, 3.05) is 11.6 Å². The van der Waals surface area contributed by atoms with E-state index in [-0.39, 0.29) is 35.6 Å². The SMILES string of the molecule is CSc1ccc(Nc2ncnc3c2ccn3C2C[C@@H]3CC[C@@H](C2)N3C(=O)OC2(C)CCC2)c(F)c1. The van der Waals surface area contributed by atoms with Gasteiger partial charge in [0.2, 0.25) is 0 Å². The van der Waals surface area contributed by atoms with Gasteiger partial charge in [-0.05, 0) is 82.4 Å². The molecular weight excluding hydrogens is 465 g/mol. The normalized spacial score (nSPS) is 24.9. The molecule has 1 N–H and O–H groups in total. The van der Waals surface area contributed by atoms with Crippen LogP contribution in [0, 0.1) is 5.82 Å². The number of fused-ring (bicyclic) bond motifs is 3. The zero-order valence-electron chi connectivity index (χ0n) is 20.0. The van der Waals surface area contributed by atoms with Crippen LogP contribution in [-0.2, 0) is 4.74 Å². The molecule has 2 bridgehead atoms. The lowest BCUT2D eigenvalue weighted by molar-refractivity contribution is -0.0577. The summed E-state index contributed by atoms with van der Waals surface area (Å²) in [4.78, 5) is 24.8. The predicted molar refractivity (Wildman–Crippen MR) is 135 cm³/mol. The summed E-state index contributed by atoms with van der Waals surface area (Å²) in [6.07, 6.45) is 12.2. The Balaban J connectivity index is 1.22. The maximum atomic E-state index is 14.6. The Kier molecular flexibility index (Phi) is 5.62. The number of thioether (sulfide) groups is 1. The minimum absolute atomic E-state index is 0.140. The molecule has 184 valence electrons. The second-order valence-electron chi connectivity index (χ2n) is 10.2. The van der Waals surface area contributed by atoms with E-state index in [0.29, 0.717) is 11.5 Å². The number of piperidine rings is 1. The van der Waals surface area contributed by atoms with Crippen LogP contribution in [0.15, 0.2) is 41.7 Å². The first kappa shape index (κ1) is 22.6. The van der Waals surface area contributed by atoms with E-state index in [9.17, 15) is 9.18 Å². The number of ether oxygens (including phenoxy) is 1. The Hall–Kier alpha value is -2.81. The number of aromatic nitrogens is 3. The van der Waals surface area contributed by atoms with E-state index in [1.807, 2.05) is 36.4 Å². The van der Waals surface area contributed by atoms with Gasteiger partial charge in [0.15, 0.2) is 0 Å². The lowest BCUT2D eigenvalue weighted by Crippen LogP contribution is -2.50. The fourth-order valence-electron chi connectivity index (χ4n) is 5.93. The topological polar surface area (TPSA) is 72.3 Å². The first-order valence-electron chi connectivity index (χ1n) is 12.4. The second kappa shape index (κ2) is 8.69. The molecule has 6 rings (SSSR count). The summed E-state index contributed by atoms with van der Waals surface area (Å²) in [5.74, 6) is 0.275. The van der Waals surface area contributed by atoms with Crippen LogP contribution in [0.25, 0.3) is 11.0 Å². The average Bonchev–Trinajstić information content (AvgIpc) is 3.38. The molecule has 0 spiro atoms. The molecule has 2 atom stereocenters. The lowest BCUT2D eigenvalue weighted by atomic mass is 9.82. The number of nitrogens with zero attached hydrogens (tertiary/aromatic N) is 4. The molecule has 0 unspecified atom stereocenters. The molecule has 1 amide bonds. The van der Waals surface area contributed by atoms with Crippen molar-refractivity contribution < 1.29 is 13.9 Å². The number of anilines is 2. The largest absolute Gasteiger partial charge is 0.443 e. The lowest BCUT2D eigenvalue weighted by Gasteiger charge is -2.43. The standard InChI is InChI=1S/C26H30FN5O2S/c1-26(9-3-10-26)34-25(33)32-16-4-5-17(32)13-18(12-16)31-11-8-20-23(28-15-29-24(20)31)30-22-7-6-19(35-2)14-21(22)27/h6-8,11,14-18H,3-5,9-10,12-13H2,1-2H3,(H,28,29,30)/t16-,17-/m0/s1. The van der Waals surface area contributed by atoms with Gasteiger partial charge in [0.05, 0.1) is 11.1 Å². The average molecular weight is 496 g/mol. The van der Waals surface area contributed by atoms with Crippen molar-refractivity contribution in [2.45, 2.75) is 80.5 Å². The van der Waals surface area contributed by atoms with Crippen molar-refractivity contribution in [3.8, 4) is 0 Å². The molecule has 2 aromatic heterocycles. The van der Waals surface area contributed by atoms with Crippen molar-refractivity contribution in [3.05, 3.63) is 42.6 Å². The number of hydrogen-bond acceptors (Lipinski definition) is 6. The molecule has 0 radical (unpaired) electrons. The second-order valence-corrected chi connectivity index (χ2v) is 11.1. The van der Waals surface area contributed by atoms with E-state index in [1.54, 1.807) is 6.07 Å². The molecule has 1 aliphatic carbocycles. The summed E-state index contributed by atoms with van der Waals surface area (Å²) in [5.41, 5.74) is 0.936. The van der Waals surface area contributed by atoms with Gasteiger partial charge in [-0.25, -0.2) is 19.2 Å². The van der Waals surface area contributed by atoms with E-state index in [4.69, 9.17) is 4.74 Å². The Labute approximate surface area is 208 Å². The minimum atomic E-state index is -0.311. The number of nitrogens with one attached hydrogen (secondary N) is 1. The summed E-state index contributed by atoms with van der Waals surface area (Å²) in [6.45, 7) is 2.04. The van der Waals surface area contributed by atoms with E-state index in [0.717, 1.165) is 60.9 Å². The number of hydrogen-bond donors (Lipinski definition) is 1. The predicted octanol–water partition coefficient (Wildman–Crippen LogP) is 6.28. The van der Waals surface area contributed by atoms with Crippen LogP contribution in [0.2, 0.25) is 0 Å². The highest BCUT2D eigenvalue weighted by Crippen LogP contribution is 2.44. The van der Waals surface area contributed by atoms with E-state index >= 15 is 0 Å². The third-order valence-electron chi connectivity index (χ3n) is 8.00. The summed E-state index contributed by atoms with van der Waals surface area (Å²) in [5, 5.41) is 4.00. The third-order valence-corrected chi connectivity index (χ3v) is 8.72. The first-order valence-corrected chi connectivity index (χ1v) is 13.6. The Morgan fingerprint density at radius 2 is 1.94 bits per heavy atom. The quantitative estimate of drug-likeness (QED) is 0.420. The number of benzene rings is 1. The van der Waals surface area contributed by atoms with Crippen LogP contribution in [0.4, 0.5) is 20.7 Å². The molecule has 1 saturated carbocycles. The highest BCUT2D eigenvalue weighted by atomic mass is 32.2. The Morgan fingerprint density at radius 1 is 1.17 bits per heavy atom. The van der Waals surface area contributed by atoms with E-state index in [1.165, 1.54) is 24.2 Å². The zero-order valence-corrected chi connectivity index (χ0v) is 20.9. The van der Waals surface area contributed by atoms with Gasteiger partial charge in [-0.2, -0.15) is 0 Å². The number of carbonyl (C=O) groups excluding carboxylic acids is 1. The maximum Gasteiger partial charge on any atom is 0.410 e. The smallest absolute Gasteiger partial charge is 0.410 e. The molecule has 35 heavy (non-hydrogen) atoms.